The smallest absolute Gasteiger partial charge is 0.229 e. The van der Waals surface area contributed by atoms with Crippen LogP contribution in [0, 0.1) is 12.8 Å². The number of aryl methyl sites for hydroxylation is 1. The normalized spacial score (nSPS) is 16.3. The molecule has 1 saturated heterocycles. The van der Waals surface area contributed by atoms with Crippen LogP contribution < -0.4 is 10.6 Å². The Kier molecular flexibility index (Phi) is 4.80. The molecule has 4 rings (SSSR count). The van der Waals surface area contributed by atoms with Crippen LogP contribution in [0.15, 0.2) is 49.1 Å². The molecule has 1 atom stereocenters. The van der Waals surface area contributed by atoms with Gasteiger partial charge < -0.3 is 15.4 Å². The van der Waals surface area contributed by atoms with E-state index in [1.807, 2.05) is 48.0 Å². The van der Waals surface area contributed by atoms with Gasteiger partial charge in [0.2, 0.25) is 5.91 Å². The lowest BCUT2D eigenvalue weighted by atomic mass is 10.1. The highest BCUT2D eigenvalue weighted by atomic mass is 16.5. The molecule has 0 saturated carbocycles. The van der Waals surface area contributed by atoms with Crippen molar-refractivity contribution in [3.8, 4) is 5.82 Å². The fourth-order valence-electron chi connectivity index (χ4n) is 2.94. The predicted molar refractivity (Wildman–Crippen MR) is 101 cm³/mol. The van der Waals surface area contributed by atoms with Crippen molar-refractivity contribution in [3.63, 3.8) is 0 Å². The highest BCUT2D eigenvalue weighted by Gasteiger charge is 2.23. The van der Waals surface area contributed by atoms with Crippen molar-refractivity contribution >= 4 is 23.1 Å². The molecule has 0 bridgehead atoms. The Hall–Kier alpha value is -3.26. The second-order valence-corrected chi connectivity index (χ2v) is 6.36. The van der Waals surface area contributed by atoms with Crippen LogP contribution in [0.3, 0.4) is 0 Å². The molecule has 3 aromatic rings. The fraction of sp³-hybridized carbons (Fsp3) is 0.263. The van der Waals surface area contributed by atoms with E-state index in [-0.39, 0.29) is 11.8 Å². The number of aromatic nitrogens is 4. The summed E-state index contributed by atoms with van der Waals surface area (Å²) in [4.78, 5) is 24.9. The molecule has 3 heterocycles. The first-order valence-corrected chi connectivity index (χ1v) is 8.77. The molecule has 27 heavy (non-hydrogen) atoms. The molecule has 1 aromatic carbocycles. The molecule has 0 radical (unpaired) electrons. The first-order chi connectivity index (χ1) is 13.2. The average molecular weight is 364 g/mol. The Morgan fingerprint density at radius 1 is 1.19 bits per heavy atom. The summed E-state index contributed by atoms with van der Waals surface area (Å²) < 4.78 is 7.14. The van der Waals surface area contributed by atoms with Crippen LogP contribution in [-0.4, -0.2) is 38.6 Å². The van der Waals surface area contributed by atoms with E-state index in [9.17, 15) is 4.79 Å². The van der Waals surface area contributed by atoms with Crippen molar-refractivity contribution in [2.24, 2.45) is 5.92 Å². The molecule has 0 spiro atoms. The molecule has 2 N–H and O–H groups in total. The van der Waals surface area contributed by atoms with Crippen molar-refractivity contribution in [1.29, 1.82) is 0 Å². The van der Waals surface area contributed by atoms with Gasteiger partial charge in [-0.15, -0.1) is 0 Å². The predicted octanol–water partition coefficient (Wildman–Crippen LogP) is 2.69. The van der Waals surface area contributed by atoms with E-state index < -0.39 is 0 Å². The Morgan fingerprint density at radius 3 is 2.70 bits per heavy atom. The van der Waals surface area contributed by atoms with Crippen LogP contribution in [-0.2, 0) is 9.53 Å². The van der Waals surface area contributed by atoms with Gasteiger partial charge in [-0.3, -0.25) is 9.36 Å². The fourth-order valence-corrected chi connectivity index (χ4v) is 2.94. The van der Waals surface area contributed by atoms with E-state index >= 15 is 0 Å². The Labute approximate surface area is 156 Å². The summed E-state index contributed by atoms with van der Waals surface area (Å²) in [6.45, 7) is 3.07. The van der Waals surface area contributed by atoms with Gasteiger partial charge >= 0.3 is 0 Å². The molecule has 2 aromatic heterocycles. The van der Waals surface area contributed by atoms with E-state index in [0.29, 0.717) is 19.0 Å². The summed E-state index contributed by atoms with van der Waals surface area (Å²) >= 11 is 0. The van der Waals surface area contributed by atoms with Crippen molar-refractivity contribution in [2.75, 3.05) is 23.8 Å². The van der Waals surface area contributed by atoms with Crippen LogP contribution >= 0.6 is 0 Å². The van der Waals surface area contributed by atoms with Gasteiger partial charge in [-0.2, -0.15) is 0 Å². The summed E-state index contributed by atoms with van der Waals surface area (Å²) in [5.74, 6) is 2.21. The lowest BCUT2D eigenvalue weighted by Gasteiger charge is -2.11. The van der Waals surface area contributed by atoms with Crippen LogP contribution in [0.2, 0.25) is 0 Å². The minimum Gasteiger partial charge on any atom is -0.381 e. The monoisotopic (exact) mass is 364 g/mol. The zero-order valence-corrected chi connectivity index (χ0v) is 14.9. The molecular formula is C19H20N6O2. The molecule has 8 heteroatoms. The number of rotatable bonds is 5. The third-order valence-corrected chi connectivity index (χ3v) is 4.45. The molecular weight excluding hydrogens is 344 g/mol. The van der Waals surface area contributed by atoms with Crippen LogP contribution in [0.25, 0.3) is 5.82 Å². The summed E-state index contributed by atoms with van der Waals surface area (Å²) in [6, 6.07) is 9.36. The number of benzene rings is 1. The number of hydrogen-bond acceptors (Lipinski definition) is 6. The van der Waals surface area contributed by atoms with Crippen molar-refractivity contribution in [3.05, 3.63) is 54.9 Å². The van der Waals surface area contributed by atoms with Crippen molar-refractivity contribution in [2.45, 2.75) is 13.3 Å². The van der Waals surface area contributed by atoms with Crippen LogP contribution in [0.4, 0.5) is 17.2 Å². The zero-order chi connectivity index (χ0) is 18.6. The van der Waals surface area contributed by atoms with Crippen molar-refractivity contribution < 1.29 is 9.53 Å². The van der Waals surface area contributed by atoms with Crippen LogP contribution in [0.1, 0.15) is 12.2 Å². The number of anilines is 3. The van der Waals surface area contributed by atoms with Gasteiger partial charge in [-0.25, -0.2) is 15.0 Å². The molecule has 0 unspecified atom stereocenters. The second-order valence-electron chi connectivity index (χ2n) is 6.36. The molecule has 1 aliphatic heterocycles. The van der Waals surface area contributed by atoms with Gasteiger partial charge in [-0.1, -0.05) is 0 Å². The average Bonchev–Trinajstić information content (AvgIpc) is 3.35. The van der Waals surface area contributed by atoms with Gasteiger partial charge in [0, 0.05) is 36.4 Å². The zero-order valence-electron chi connectivity index (χ0n) is 14.9. The Balaban J connectivity index is 1.43. The second kappa shape index (κ2) is 7.55. The number of ether oxygens (including phenoxy) is 1. The Morgan fingerprint density at radius 2 is 2.00 bits per heavy atom. The molecule has 1 fully saturated rings. The summed E-state index contributed by atoms with van der Waals surface area (Å²) in [6.07, 6.45) is 5.87. The SMILES string of the molecule is Cc1nccn1-c1cc(Nc2ccc(NC(=O)[C@H]3CCOC3)cc2)ncn1. The standard InChI is InChI=1S/C19H20N6O2/c1-13-20-7-8-25(13)18-10-17(21-12-22-18)23-15-2-4-16(5-3-15)24-19(26)14-6-9-27-11-14/h2-5,7-8,10,12,14H,6,9,11H2,1H3,(H,24,26)(H,21,22,23)/t14-/m0/s1. The minimum atomic E-state index is -0.0612. The van der Waals surface area contributed by atoms with E-state index in [1.165, 1.54) is 6.33 Å². The number of nitrogens with one attached hydrogen (secondary N) is 2. The number of imidazole rings is 1. The largest absolute Gasteiger partial charge is 0.381 e. The quantitative estimate of drug-likeness (QED) is 0.723. The van der Waals surface area contributed by atoms with E-state index in [2.05, 4.69) is 25.6 Å². The number of amides is 1. The molecule has 8 nitrogen and oxygen atoms in total. The minimum absolute atomic E-state index is 0.00403. The lowest BCUT2D eigenvalue weighted by Crippen LogP contribution is -2.22. The number of carbonyl (C=O) groups excluding carboxylic acids is 1. The highest BCUT2D eigenvalue weighted by molar-refractivity contribution is 5.93. The Bertz CT molecular complexity index is 931. The van der Waals surface area contributed by atoms with Gasteiger partial charge in [-0.05, 0) is 37.6 Å². The number of nitrogens with zero attached hydrogens (tertiary/aromatic N) is 4. The maximum Gasteiger partial charge on any atom is 0.229 e. The van der Waals surface area contributed by atoms with Crippen molar-refractivity contribution in [1.82, 2.24) is 19.5 Å². The van der Waals surface area contributed by atoms with Gasteiger partial charge in [0.1, 0.15) is 23.8 Å². The molecule has 138 valence electrons. The molecule has 0 aliphatic carbocycles. The van der Waals surface area contributed by atoms with Gasteiger partial charge in [0.05, 0.1) is 12.5 Å². The van der Waals surface area contributed by atoms with E-state index in [4.69, 9.17) is 4.74 Å². The molecule has 1 aliphatic rings. The van der Waals surface area contributed by atoms with Gasteiger partial charge in [0.25, 0.3) is 0 Å². The summed E-state index contributed by atoms with van der Waals surface area (Å²) in [5, 5.41) is 6.17. The first-order valence-electron chi connectivity index (χ1n) is 8.77. The topological polar surface area (TPSA) is 94.0 Å². The van der Waals surface area contributed by atoms with E-state index in [1.54, 1.807) is 6.20 Å². The molecule has 1 amide bonds. The van der Waals surface area contributed by atoms with Crippen LogP contribution in [0.5, 0.6) is 0 Å². The van der Waals surface area contributed by atoms with Gasteiger partial charge in [0.15, 0.2) is 0 Å². The summed E-state index contributed by atoms with van der Waals surface area (Å²) in [7, 11) is 0. The third-order valence-electron chi connectivity index (χ3n) is 4.45. The maximum atomic E-state index is 12.1. The maximum absolute atomic E-state index is 12.1. The number of carbonyl (C=O) groups is 1. The number of hydrogen-bond donors (Lipinski definition) is 2. The van der Waals surface area contributed by atoms with E-state index in [0.717, 1.165) is 29.4 Å². The first kappa shape index (κ1) is 17.2. The third kappa shape index (κ3) is 3.95. The lowest BCUT2D eigenvalue weighted by molar-refractivity contribution is -0.119. The highest BCUT2D eigenvalue weighted by Crippen LogP contribution is 2.20. The summed E-state index contributed by atoms with van der Waals surface area (Å²) in [5.41, 5.74) is 1.62.